The SMILES string of the molecule is CC(=O)O[C@@H]1[C@H]2OCCCCO[C@@H]3[C@@H](OC(C)=O)[C@H](n4ccc(=O)[nH]c4=O)O[C@@H]3CO[C@@H]3[C@@H](OC(C)=O)[C@H](n4ccc(=O)[nH]c4=O)O[C@@H]3COC[C@H]2O[C@H]1n1ccc(=O)[nH]c1=O. The second kappa shape index (κ2) is 19.1. The molecule has 0 unspecified atom stereocenters. The van der Waals surface area contributed by atoms with Gasteiger partial charge in [-0.2, -0.15) is 0 Å². The smallest absolute Gasteiger partial charge is 0.330 e. The lowest BCUT2D eigenvalue weighted by molar-refractivity contribution is -0.161. The lowest BCUT2D eigenvalue weighted by atomic mass is 10.1. The quantitative estimate of drug-likeness (QED) is 0.165. The minimum atomic E-state index is -1.39. The van der Waals surface area contributed by atoms with E-state index in [0.29, 0.717) is 12.8 Å². The molecular formula is C37H44N6O19. The van der Waals surface area contributed by atoms with Crippen LogP contribution in [0.1, 0.15) is 52.3 Å². The second-order valence-electron chi connectivity index (χ2n) is 14.7. The molecule has 7 rings (SSSR count). The number of ether oxygens (including phenoxy) is 10. The Hall–Kier alpha value is -5.83. The largest absolute Gasteiger partial charge is 0.455 e. The minimum Gasteiger partial charge on any atom is -0.455 e. The molecule has 4 aliphatic heterocycles. The van der Waals surface area contributed by atoms with Crippen LogP contribution in [0.25, 0.3) is 0 Å². The molecule has 0 bridgehead atoms. The first-order valence-electron chi connectivity index (χ1n) is 19.5. The number of H-pyrrole nitrogens is 3. The first-order valence-corrected chi connectivity index (χ1v) is 19.5. The van der Waals surface area contributed by atoms with Gasteiger partial charge in [-0.05, 0) is 12.8 Å². The van der Waals surface area contributed by atoms with E-state index in [9.17, 15) is 43.2 Å². The van der Waals surface area contributed by atoms with E-state index in [2.05, 4.69) is 15.0 Å². The predicted molar refractivity (Wildman–Crippen MR) is 202 cm³/mol. The average molecular weight is 877 g/mol. The zero-order valence-electron chi connectivity index (χ0n) is 33.4. The first-order chi connectivity index (χ1) is 29.7. The Kier molecular flexibility index (Phi) is 13.6. The summed E-state index contributed by atoms with van der Waals surface area (Å²) in [6.07, 6.45) is -10.4. The number of aromatic amines is 3. The van der Waals surface area contributed by atoms with Crippen LogP contribution in [-0.2, 0) is 61.8 Å². The van der Waals surface area contributed by atoms with Crippen molar-refractivity contribution < 1.29 is 61.8 Å². The molecule has 25 nitrogen and oxygen atoms in total. The molecule has 3 aromatic rings. The summed E-state index contributed by atoms with van der Waals surface area (Å²) in [5, 5.41) is 0. The molecule has 0 amide bonds. The van der Waals surface area contributed by atoms with E-state index in [1.165, 1.54) is 12.4 Å². The third-order valence-corrected chi connectivity index (χ3v) is 10.3. The number of carbonyl (C=O) groups excluding carboxylic acids is 3. The minimum absolute atomic E-state index is 0.0117. The highest BCUT2D eigenvalue weighted by atomic mass is 16.7. The first kappa shape index (κ1) is 44.2. The van der Waals surface area contributed by atoms with Crippen molar-refractivity contribution in [2.24, 2.45) is 0 Å². The third kappa shape index (κ3) is 9.77. The summed E-state index contributed by atoms with van der Waals surface area (Å²) in [7, 11) is 0. The molecule has 0 aromatic carbocycles. The van der Waals surface area contributed by atoms with E-state index in [-0.39, 0.29) is 33.0 Å². The molecule has 7 heterocycles. The van der Waals surface area contributed by atoms with Crippen molar-refractivity contribution in [1.82, 2.24) is 28.7 Å². The van der Waals surface area contributed by atoms with E-state index >= 15 is 0 Å². The van der Waals surface area contributed by atoms with E-state index in [1.807, 2.05) is 0 Å². The van der Waals surface area contributed by atoms with Gasteiger partial charge in [0.2, 0.25) is 0 Å². The van der Waals surface area contributed by atoms with Crippen LogP contribution in [0.5, 0.6) is 0 Å². The topological polar surface area (TPSA) is 308 Å². The summed E-state index contributed by atoms with van der Waals surface area (Å²) in [5.41, 5.74) is -4.69. The third-order valence-electron chi connectivity index (χ3n) is 10.3. The highest BCUT2D eigenvalue weighted by molar-refractivity contribution is 5.67. The van der Waals surface area contributed by atoms with Crippen molar-refractivity contribution >= 4 is 17.9 Å². The van der Waals surface area contributed by atoms with Gasteiger partial charge in [-0.25, -0.2) is 14.4 Å². The van der Waals surface area contributed by atoms with Crippen molar-refractivity contribution in [3.8, 4) is 0 Å². The molecule has 4 saturated heterocycles. The number of esters is 3. The molecule has 12 atom stereocenters. The number of nitrogens with zero attached hydrogens (tertiary/aromatic N) is 3. The molecule has 336 valence electrons. The van der Waals surface area contributed by atoms with Crippen LogP contribution in [0.2, 0.25) is 0 Å². The fourth-order valence-electron chi connectivity index (χ4n) is 7.79. The Balaban J connectivity index is 1.24. The molecule has 62 heavy (non-hydrogen) atoms. The predicted octanol–water partition coefficient (Wildman–Crippen LogP) is -2.91. The molecule has 3 aromatic heterocycles. The van der Waals surface area contributed by atoms with Crippen LogP contribution in [0.3, 0.4) is 0 Å². The molecule has 25 heteroatoms. The maximum Gasteiger partial charge on any atom is 0.330 e. The maximum absolute atomic E-state index is 13.1. The van der Waals surface area contributed by atoms with E-state index in [1.54, 1.807) is 0 Å². The monoisotopic (exact) mass is 876 g/mol. The van der Waals surface area contributed by atoms with Gasteiger partial charge in [0.05, 0.1) is 19.8 Å². The summed E-state index contributed by atoms with van der Waals surface area (Å²) in [4.78, 5) is 119. The van der Waals surface area contributed by atoms with Crippen LogP contribution in [0.4, 0.5) is 0 Å². The number of nitrogens with one attached hydrogen (secondary N) is 3. The van der Waals surface area contributed by atoms with Gasteiger partial charge in [-0.3, -0.25) is 57.4 Å². The van der Waals surface area contributed by atoms with Gasteiger partial charge in [-0.1, -0.05) is 0 Å². The highest BCUT2D eigenvalue weighted by Crippen LogP contribution is 2.38. The van der Waals surface area contributed by atoms with Gasteiger partial charge in [0.1, 0.15) is 36.6 Å². The fraction of sp³-hybridized carbons (Fsp3) is 0.595. The van der Waals surface area contributed by atoms with Gasteiger partial charge in [0.25, 0.3) is 16.7 Å². The van der Waals surface area contributed by atoms with Crippen molar-refractivity contribution in [1.29, 1.82) is 0 Å². The number of fused-ring (bicyclic) bond motifs is 3. The summed E-state index contributed by atoms with van der Waals surface area (Å²) in [6, 6.07) is 3.23. The Morgan fingerprint density at radius 2 is 0.839 bits per heavy atom. The van der Waals surface area contributed by atoms with Gasteiger partial charge in [0.15, 0.2) is 37.0 Å². The van der Waals surface area contributed by atoms with Crippen LogP contribution >= 0.6 is 0 Å². The molecule has 0 saturated carbocycles. The number of rotatable bonds is 6. The van der Waals surface area contributed by atoms with Crippen LogP contribution in [0, 0.1) is 0 Å². The molecule has 4 fully saturated rings. The Morgan fingerprint density at radius 1 is 0.516 bits per heavy atom. The summed E-state index contributed by atoms with van der Waals surface area (Å²) in [5.74, 6) is -2.26. The molecular weight excluding hydrogens is 832 g/mol. The summed E-state index contributed by atoms with van der Waals surface area (Å²) in [6.45, 7) is 2.48. The average Bonchev–Trinajstić information content (AvgIpc) is 3.81. The van der Waals surface area contributed by atoms with E-state index < -0.39 is 125 Å². The van der Waals surface area contributed by atoms with Gasteiger partial charge >= 0.3 is 35.0 Å². The Bertz CT molecular complexity index is 2470. The summed E-state index contributed by atoms with van der Waals surface area (Å²) >= 11 is 0. The van der Waals surface area contributed by atoms with Crippen molar-refractivity contribution in [2.45, 2.75) is 107 Å². The molecule has 0 aliphatic carbocycles. The van der Waals surface area contributed by atoms with Crippen molar-refractivity contribution in [2.75, 3.05) is 33.0 Å². The van der Waals surface area contributed by atoms with Gasteiger partial charge < -0.3 is 47.4 Å². The zero-order chi connectivity index (χ0) is 44.2. The maximum atomic E-state index is 13.1. The number of hydrogen-bond donors (Lipinski definition) is 3. The summed E-state index contributed by atoms with van der Waals surface area (Å²) < 4.78 is 64.0. The Morgan fingerprint density at radius 3 is 1.16 bits per heavy atom. The van der Waals surface area contributed by atoms with Crippen molar-refractivity contribution in [3.05, 3.63) is 99.3 Å². The lowest BCUT2D eigenvalue weighted by Crippen LogP contribution is -2.45. The number of aromatic nitrogens is 6. The number of carbonyl (C=O) groups is 3. The van der Waals surface area contributed by atoms with Crippen LogP contribution in [0.15, 0.2) is 65.6 Å². The lowest BCUT2D eigenvalue weighted by Gasteiger charge is -2.27. The van der Waals surface area contributed by atoms with E-state index in [0.717, 1.165) is 58.9 Å². The fourth-order valence-corrected chi connectivity index (χ4v) is 7.79. The Labute approximate surface area is 347 Å². The van der Waals surface area contributed by atoms with Crippen LogP contribution < -0.4 is 33.7 Å². The molecule has 0 radical (unpaired) electrons. The van der Waals surface area contributed by atoms with Gasteiger partial charge in [-0.15, -0.1) is 0 Å². The van der Waals surface area contributed by atoms with E-state index in [4.69, 9.17) is 47.4 Å². The zero-order valence-corrected chi connectivity index (χ0v) is 33.4. The molecule has 3 N–H and O–H groups in total. The molecule has 4 aliphatic rings. The van der Waals surface area contributed by atoms with Crippen molar-refractivity contribution in [3.63, 3.8) is 0 Å². The molecule has 0 spiro atoms. The number of hydrogen-bond acceptors (Lipinski definition) is 19. The van der Waals surface area contributed by atoms with Gasteiger partial charge in [0, 0.05) is 70.8 Å². The normalized spacial score (nSPS) is 31.8. The standard InChI is InChI=1S/C37H44N6O19/c1-17(44)57-29-26-20(60-32(29)41-9-6-23(47)38-35(41)50)14-53-15-21-28(31(59-19(3)46)34(61-21)43-11-8-25(49)40-37(43)52)56-16-22-27(55-13-5-4-12-54-26)30(58-18(2)45)33(62-22)42-10-7-24(48)39-36(42)51/h6-11,20-22,26-34H,4-5,12-16H2,1-3H3,(H,38,47,50)(H,39,48,51)(H,40,49,52)/t20-,21-,22-,26+,27+,28+,29-,30-,31-,32-,33-,34-/m1/s1. The van der Waals surface area contributed by atoms with Crippen LogP contribution in [-0.4, -0.2) is 135 Å². The highest BCUT2D eigenvalue weighted by Gasteiger charge is 2.54. The second-order valence-corrected chi connectivity index (χ2v) is 14.7.